The van der Waals surface area contributed by atoms with Gasteiger partial charge in [-0.05, 0) is 6.54 Å². The molecule has 0 spiro atoms. The molecule has 108 valence electrons. The molecule has 0 aliphatic heterocycles. The Hall–Kier alpha value is -1.00. The molecule has 19 heavy (non-hydrogen) atoms. The lowest BCUT2D eigenvalue weighted by atomic mass is 10.1. The maximum absolute atomic E-state index is 14.1. The van der Waals surface area contributed by atoms with Crippen LogP contribution in [0.25, 0.3) is 0 Å². The average molecular weight is 270 g/mol. The number of alkyl halides is 2. The van der Waals surface area contributed by atoms with Crippen LogP contribution < -0.4 is 5.32 Å². The van der Waals surface area contributed by atoms with Crippen LogP contribution in [0.3, 0.4) is 0 Å². The van der Waals surface area contributed by atoms with E-state index < -0.39 is 5.92 Å². The Labute approximate surface area is 114 Å². The largest absolute Gasteiger partial charge is 0.313 e. The Kier molecular flexibility index (Phi) is 6.38. The van der Waals surface area contributed by atoms with Crippen LogP contribution in [0.1, 0.15) is 26.3 Å². The van der Waals surface area contributed by atoms with Gasteiger partial charge in [-0.25, -0.2) is 0 Å². The molecular formula is C15H24F2N2. The maximum Gasteiger partial charge on any atom is 0.285 e. The lowest BCUT2D eigenvalue weighted by Gasteiger charge is -2.27. The molecule has 0 radical (unpaired) electrons. The summed E-state index contributed by atoms with van der Waals surface area (Å²) < 4.78 is 28.2. The van der Waals surface area contributed by atoms with Crippen molar-refractivity contribution in [2.45, 2.75) is 32.7 Å². The summed E-state index contributed by atoms with van der Waals surface area (Å²) in [5.74, 6) is -2.80. The topological polar surface area (TPSA) is 15.3 Å². The first kappa shape index (κ1) is 16.1. The summed E-state index contributed by atoms with van der Waals surface area (Å²) in [6.45, 7) is 7.78. The zero-order valence-corrected chi connectivity index (χ0v) is 12.0. The first-order valence-corrected chi connectivity index (χ1v) is 6.84. The van der Waals surface area contributed by atoms with E-state index >= 15 is 0 Å². The number of benzene rings is 1. The predicted molar refractivity (Wildman–Crippen MR) is 75.6 cm³/mol. The molecule has 0 aromatic heterocycles. The van der Waals surface area contributed by atoms with Crippen LogP contribution in [0.4, 0.5) is 8.78 Å². The summed E-state index contributed by atoms with van der Waals surface area (Å²) in [6.07, 6.45) is 0. The standard InChI is InChI=1S/C15H24F2N2/c1-4-19(11-10-18-13(2)3)12-15(16,17)14-8-6-5-7-9-14/h5-9,13,18H,4,10-12H2,1-3H3. The molecule has 1 aromatic carbocycles. The summed E-state index contributed by atoms with van der Waals surface area (Å²) >= 11 is 0. The first-order chi connectivity index (χ1) is 8.95. The smallest absolute Gasteiger partial charge is 0.285 e. The molecule has 0 bridgehead atoms. The second kappa shape index (κ2) is 7.56. The minimum Gasteiger partial charge on any atom is -0.313 e. The van der Waals surface area contributed by atoms with Crippen molar-refractivity contribution in [1.82, 2.24) is 10.2 Å². The summed E-state index contributed by atoms with van der Waals surface area (Å²) in [5.41, 5.74) is 0.0882. The molecule has 0 aliphatic rings. The van der Waals surface area contributed by atoms with E-state index in [-0.39, 0.29) is 12.1 Å². The monoisotopic (exact) mass is 270 g/mol. The number of likely N-dealkylation sites (N-methyl/N-ethyl adjacent to an activating group) is 1. The van der Waals surface area contributed by atoms with E-state index in [0.29, 0.717) is 19.1 Å². The first-order valence-electron chi connectivity index (χ1n) is 6.84. The third kappa shape index (κ3) is 5.66. The highest BCUT2D eigenvalue weighted by Crippen LogP contribution is 2.28. The average Bonchev–Trinajstić information content (AvgIpc) is 2.38. The van der Waals surface area contributed by atoms with Gasteiger partial charge in [0.25, 0.3) is 5.92 Å². The van der Waals surface area contributed by atoms with Crippen LogP contribution in [0, 0.1) is 0 Å². The van der Waals surface area contributed by atoms with E-state index in [1.165, 1.54) is 12.1 Å². The van der Waals surface area contributed by atoms with Crippen molar-refractivity contribution in [2.24, 2.45) is 0 Å². The van der Waals surface area contributed by atoms with E-state index in [2.05, 4.69) is 19.2 Å². The van der Waals surface area contributed by atoms with Crippen molar-refractivity contribution in [2.75, 3.05) is 26.2 Å². The molecule has 1 aromatic rings. The molecule has 0 saturated heterocycles. The summed E-state index contributed by atoms with van der Waals surface area (Å²) in [6, 6.07) is 8.41. The molecule has 4 heteroatoms. The van der Waals surface area contributed by atoms with E-state index in [1.807, 2.05) is 6.92 Å². The number of hydrogen-bond donors (Lipinski definition) is 1. The van der Waals surface area contributed by atoms with Gasteiger partial charge in [0.1, 0.15) is 0 Å². The van der Waals surface area contributed by atoms with Crippen molar-refractivity contribution >= 4 is 0 Å². The lowest BCUT2D eigenvalue weighted by molar-refractivity contribution is -0.0366. The van der Waals surface area contributed by atoms with Crippen molar-refractivity contribution in [3.05, 3.63) is 35.9 Å². The molecule has 1 N–H and O–H groups in total. The molecule has 0 aliphatic carbocycles. The molecule has 0 atom stereocenters. The van der Waals surface area contributed by atoms with Crippen LogP contribution in [0.2, 0.25) is 0 Å². The quantitative estimate of drug-likeness (QED) is 0.781. The van der Waals surface area contributed by atoms with Gasteiger partial charge in [-0.1, -0.05) is 51.1 Å². The molecular weight excluding hydrogens is 246 g/mol. The van der Waals surface area contributed by atoms with Crippen LogP contribution in [-0.2, 0) is 5.92 Å². The fourth-order valence-electron chi connectivity index (χ4n) is 1.91. The SMILES string of the molecule is CCN(CCNC(C)C)CC(F)(F)c1ccccc1. The van der Waals surface area contributed by atoms with Crippen LogP contribution in [-0.4, -0.2) is 37.1 Å². The maximum atomic E-state index is 14.1. The zero-order valence-electron chi connectivity index (χ0n) is 12.0. The molecule has 0 fully saturated rings. The van der Waals surface area contributed by atoms with E-state index in [9.17, 15) is 8.78 Å². The summed E-state index contributed by atoms with van der Waals surface area (Å²) in [7, 11) is 0. The zero-order chi connectivity index (χ0) is 14.3. The van der Waals surface area contributed by atoms with E-state index in [0.717, 1.165) is 6.54 Å². The van der Waals surface area contributed by atoms with Gasteiger partial charge in [-0.15, -0.1) is 0 Å². The fourth-order valence-corrected chi connectivity index (χ4v) is 1.91. The van der Waals surface area contributed by atoms with Gasteiger partial charge in [-0.2, -0.15) is 8.78 Å². The van der Waals surface area contributed by atoms with Gasteiger partial charge < -0.3 is 5.32 Å². The van der Waals surface area contributed by atoms with Crippen molar-refractivity contribution in [3.8, 4) is 0 Å². The van der Waals surface area contributed by atoms with Crippen LogP contribution in [0.15, 0.2) is 30.3 Å². The molecule has 0 heterocycles. The fraction of sp³-hybridized carbons (Fsp3) is 0.600. The summed E-state index contributed by atoms with van der Waals surface area (Å²) in [4.78, 5) is 1.78. The lowest BCUT2D eigenvalue weighted by Crippen LogP contribution is -2.40. The normalized spacial score (nSPS) is 12.4. The van der Waals surface area contributed by atoms with Gasteiger partial charge >= 0.3 is 0 Å². The van der Waals surface area contributed by atoms with E-state index in [1.54, 1.807) is 23.1 Å². The van der Waals surface area contributed by atoms with Crippen molar-refractivity contribution < 1.29 is 8.78 Å². The van der Waals surface area contributed by atoms with Gasteiger partial charge in [0.2, 0.25) is 0 Å². The Morgan fingerprint density at radius 3 is 2.37 bits per heavy atom. The minimum absolute atomic E-state index is 0.0882. The Balaban J connectivity index is 2.54. The highest BCUT2D eigenvalue weighted by Gasteiger charge is 2.33. The minimum atomic E-state index is -2.80. The Morgan fingerprint density at radius 1 is 1.21 bits per heavy atom. The molecule has 0 unspecified atom stereocenters. The highest BCUT2D eigenvalue weighted by atomic mass is 19.3. The van der Waals surface area contributed by atoms with Gasteiger partial charge in [0.15, 0.2) is 0 Å². The third-order valence-electron chi connectivity index (χ3n) is 3.05. The number of hydrogen-bond acceptors (Lipinski definition) is 2. The highest BCUT2D eigenvalue weighted by molar-refractivity contribution is 5.20. The van der Waals surface area contributed by atoms with Gasteiger partial charge in [-0.3, -0.25) is 4.90 Å². The van der Waals surface area contributed by atoms with Crippen LogP contribution >= 0.6 is 0 Å². The van der Waals surface area contributed by atoms with Crippen LogP contribution in [0.5, 0.6) is 0 Å². The molecule has 0 amide bonds. The van der Waals surface area contributed by atoms with Crippen molar-refractivity contribution in [1.29, 1.82) is 0 Å². The Bertz CT molecular complexity index is 352. The molecule has 2 nitrogen and oxygen atoms in total. The third-order valence-corrected chi connectivity index (χ3v) is 3.05. The Morgan fingerprint density at radius 2 is 1.84 bits per heavy atom. The predicted octanol–water partition coefficient (Wildman–Crippen LogP) is 3.10. The van der Waals surface area contributed by atoms with Gasteiger partial charge in [0.05, 0.1) is 6.54 Å². The molecule has 0 saturated carbocycles. The number of rotatable bonds is 8. The summed E-state index contributed by atoms with van der Waals surface area (Å²) in [5, 5.41) is 3.25. The molecule has 1 rings (SSSR count). The number of nitrogens with one attached hydrogen (secondary N) is 1. The second-order valence-electron chi connectivity index (χ2n) is 5.05. The van der Waals surface area contributed by atoms with Crippen molar-refractivity contribution in [3.63, 3.8) is 0 Å². The second-order valence-corrected chi connectivity index (χ2v) is 5.05. The van der Waals surface area contributed by atoms with Gasteiger partial charge in [0, 0.05) is 24.7 Å². The van der Waals surface area contributed by atoms with E-state index in [4.69, 9.17) is 0 Å². The number of nitrogens with zero attached hydrogens (tertiary/aromatic N) is 1. The number of halogens is 2.